The third kappa shape index (κ3) is 5.19. The topological polar surface area (TPSA) is 12.5 Å². The van der Waals surface area contributed by atoms with E-state index < -0.39 is 0 Å². The Bertz CT molecular complexity index is 534. The second-order valence-electron chi connectivity index (χ2n) is 5.50. The number of para-hydroxylation sites is 1. The molecule has 2 rings (SSSR count). The molecule has 0 fully saturated rings. The minimum Gasteiger partial charge on any atom is -0.493 e. The molecule has 0 saturated heterocycles. The summed E-state index contributed by atoms with van der Waals surface area (Å²) in [5.41, 5.74) is 2.58. The molecule has 0 aromatic heterocycles. The van der Waals surface area contributed by atoms with Crippen LogP contribution >= 0.6 is 0 Å². The lowest BCUT2D eigenvalue weighted by Crippen LogP contribution is -2.25. The van der Waals surface area contributed by atoms with Gasteiger partial charge in [0.05, 0.1) is 6.61 Å². The molecule has 0 bridgehead atoms. The molecule has 0 amide bonds. The lowest BCUT2D eigenvalue weighted by Gasteiger charge is -2.18. The van der Waals surface area contributed by atoms with E-state index in [1.165, 1.54) is 11.1 Å². The highest BCUT2D eigenvalue weighted by Gasteiger charge is 2.05. The van der Waals surface area contributed by atoms with Gasteiger partial charge in [-0.1, -0.05) is 62.4 Å². The number of hydrogen-bond donors (Lipinski definition) is 0. The zero-order valence-corrected chi connectivity index (χ0v) is 13.8. The third-order valence-corrected chi connectivity index (χ3v) is 3.98. The van der Waals surface area contributed by atoms with Gasteiger partial charge < -0.3 is 9.64 Å². The van der Waals surface area contributed by atoms with Crippen LogP contribution in [0.5, 0.6) is 5.75 Å². The highest BCUT2D eigenvalue weighted by Crippen LogP contribution is 2.21. The van der Waals surface area contributed by atoms with Gasteiger partial charge in [0.15, 0.2) is 0 Å². The Morgan fingerprint density at radius 1 is 0.864 bits per heavy atom. The van der Waals surface area contributed by atoms with Crippen LogP contribution in [0.1, 0.15) is 31.4 Å². The Hall–Kier alpha value is -1.80. The van der Waals surface area contributed by atoms with E-state index in [2.05, 4.69) is 67.3 Å². The molecular formula is C20H27NO. The van der Waals surface area contributed by atoms with Crippen LogP contribution in [0, 0.1) is 0 Å². The third-order valence-electron chi connectivity index (χ3n) is 3.98. The molecule has 0 aliphatic heterocycles. The zero-order chi connectivity index (χ0) is 15.6. The number of benzene rings is 2. The predicted molar refractivity (Wildman–Crippen MR) is 93.6 cm³/mol. The molecule has 0 spiro atoms. The first-order valence-electron chi connectivity index (χ1n) is 8.30. The SMILES string of the molecule is CCN(CC)CCCOc1ccccc1Cc1ccccc1. The first kappa shape index (κ1) is 16.6. The molecule has 0 aliphatic carbocycles. The summed E-state index contributed by atoms with van der Waals surface area (Å²) < 4.78 is 6.02. The molecule has 0 radical (unpaired) electrons. The molecule has 2 aromatic rings. The van der Waals surface area contributed by atoms with E-state index in [1.807, 2.05) is 6.07 Å². The van der Waals surface area contributed by atoms with Gasteiger partial charge in [-0.05, 0) is 36.7 Å². The second kappa shape index (κ2) is 9.26. The maximum atomic E-state index is 6.02. The van der Waals surface area contributed by atoms with Gasteiger partial charge >= 0.3 is 0 Å². The van der Waals surface area contributed by atoms with Gasteiger partial charge in [0.25, 0.3) is 0 Å². The summed E-state index contributed by atoms with van der Waals surface area (Å²) in [5.74, 6) is 1.02. The van der Waals surface area contributed by atoms with Gasteiger partial charge in [-0.25, -0.2) is 0 Å². The maximum Gasteiger partial charge on any atom is 0.122 e. The Morgan fingerprint density at radius 2 is 1.55 bits per heavy atom. The summed E-state index contributed by atoms with van der Waals surface area (Å²) in [6.07, 6.45) is 1.99. The van der Waals surface area contributed by atoms with Crippen LogP contribution in [-0.4, -0.2) is 31.1 Å². The van der Waals surface area contributed by atoms with Gasteiger partial charge in [0.2, 0.25) is 0 Å². The van der Waals surface area contributed by atoms with Crippen LogP contribution in [0.4, 0.5) is 0 Å². The number of ether oxygens (including phenoxy) is 1. The van der Waals surface area contributed by atoms with E-state index in [-0.39, 0.29) is 0 Å². The van der Waals surface area contributed by atoms with Crippen molar-refractivity contribution in [1.29, 1.82) is 0 Å². The molecule has 0 saturated carbocycles. The van der Waals surface area contributed by atoms with Crippen molar-refractivity contribution >= 4 is 0 Å². The fourth-order valence-corrected chi connectivity index (χ4v) is 2.62. The normalized spacial score (nSPS) is 10.9. The Balaban J connectivity index is 1.89. The van der Waals surface area contributed by atoms with Crippen molar-refractivity contribution in [3.63, 3.8) is 0 Å². The minimum absolute atomic E-state index is 0.780. The summed E-state index contributed by atoms with van der Waals surface area (Å²) in [6.45, 7) is 8.53. The van der Waals surface area contributed by atoms with Crippen LogP contribution in [0.15, 0.2) is 54.6 Å². The molecule has 0 atom stereocenters. The second-order valence-corrected chi connectivity index (χ2v) is 5.50. The van der Waals surface area contributed by atoms with Crippen molar-refractivity contribution in [3.05, 3.63) is 65.7 Å². The Kier molecular flexibility index (Phi) is 6.98. The molecule has 2 heteroatoms. The van der Waals surface area contributed by atoms with Gasteiger partial charge in [-0.3, -0.25) is 0 Å². The van der Waals surface area contributed by atoms with E-state index in [0.29, 0.717) is 0 Å². The van der Waals surface area contributed by atoms with E-state index >= 15 is 0 Å². The molecule has 22 heavy (non-hydrogen) atoms. The molecule has 0 heterocycles. The van der Waals surface area contributed by atoms with Gasteiger partial charge in [0, 0.05) is 13.0 Å². The van der Waals surface area contributed by atoms with E-state index in [4.69, 9.17) is 4.74 Å². The average Bonchev–Trinajstić information content (AvgIpc) is 2.57. The highest BCUT2D eigenvalue weighted by atomic mass is 16.5. The van der Waals surface area contributed by atoms with Gasteiger partial charge in [-0.2, -0.15) is 0 Å². The van der Waals surface area contributed by atoms with Crippen LogP contribution in [0.3, 0.4) is 0 Å². The van der Waals surface area contributed by atoms with Crippen molar-refractivity contribution in [2.75, 3.05) is 26.2 Å². The Labute approximate surface area is 134 Å². The van der Waals surface area contributed by atoms with Gasteiger partial charge in [-0.15, -0.1) is 0 Å². The lowest BCUT2D eigenvalue weighted by atomic mass is 10.0. The van der Waals surface area contributed by atoms with Gasteiger partial charge in [0.1, 0.15) is 5.75 Å². The van der Waals surface area contributed by atoms with Crippen molar-refractivity contribution in [2.45, 2.75) is 26.7 Å². The largest absolute Gasteiger partial charge is 0.493 e. The zero-order valence-electron chi connectivity index (χ0n) is 13.8. The highest BCUT2D eigenvalue weighted by molar-refractivity contribution is 5.37. The van der Waals surface area contributed by atoms with E-state index in [9.17, 15) is 0 Å². The van der Waals surface area contributed by atoms with E-state index in [1.54, 1.807) is 0 Å². The number of rotatable bonds is 9. The summed E-state index contributed by atoms with van der Waals surface area (Å²) in [5, 5.41) is 0. The Morgan fingerprint density at radius 3 is 2.27 bits per heavy atom. The summed E-state index contributed by atoms with van der Waals surface area (Å²) in [6, 6.07) is 18.9. The van der Waals surface area contributed by atoms with Crippen molar-refractivity contribution < 1.29 is 4.74 Å². The molecule has 0 aliphatic rings. The lowest BCUT2D eigenvalue weighted by molar-refractivity contribution is 0.248. The number of nitrogens with zero attached hydrogens (tertiary/aromatic N) is 1. The van der Waals surface area contributed by atoms with Crippen molar-refractivity contribution in [3.8, 4) is 5.75 Å². The summed E-state index contributed by atoms with van der Waals surface area (Å²) in [7, 11) is 0. The molecule has 2 nitrogen and oxygen atoms in total. The van der Waals surface area contributed by atoms with Crippen LogP contribution in [-0.2, 0) is 6.42 Å². The fraction of sp³-hybridized carbons (Fsp3) is 0.400. The van der Waals surface area contributed by atoms with Crippen molar-refractivity contribution in [1.82, 2.24) is 4.90 Å². The average molecular weight is 297 g/mol. The minimum atomic E-state index is 0.780. The summed E-state index contributed by atoms with van der Waals surface area (Å²) in [4.78, 5) is 2.43. The monoisotopic (exact) mass is 297 g/mol. The van der Waals surface area contributed by atoms with Crippen molar-refractivity contribution in [2.24, 2.45) is 0 Å². The molecule has 118 valence electrons. The molecule has 0 unspecified atom stereocenters. The molecule has 2 aromatic carbocycles. The smallest absolute Gasteiger partial charge is 0.122 e. The fourth-order valence-electron chi connectivity index (χ4n) is 2.62. The quantitative estimate of drug-likeness (QED) is 0.637. The number of hydrogen-bond acceptors (Lipinski definition) is 2. The van der Waals surface area contributed by atoms with Crippen LogP contribution < -0.4 is 4.74 Å². The predicted octanol–water partition coefficient (Wildman–Crippen LogP) is 4.39. The van der Waals surface area contributed by atoms with Crippen LogP contribution in [0.2, 0.25) is 0 Å². The van der Waals surface area contributed by atoms with E-state index in [0.717, 1.165) is 44.8 Å². The van der Waals surface area contributed by atoms with Crippen LogP contribution in [0.25, 0.3) is 0 Å². The first-order chi connectivity index (χ1) is 10.8. The standard InChI is InChI=1S/C20H27NO/c1-3-21(4-2)15-10-16-22-20-14-9-8-13-19(20)17-18-11-6-5-7-12-18/h5-9,11-14H,3-4,10,15-17H2,1-2H3. The molecule has 0 N–H and O–H groups in total. The maximum absolute atomic E-state index is 6.02. The first-order valence-corrected chi connectivity index (χ1v) is 8.30. The molecular weight excluding hydrogens is 270 g/mol. The summed E-state index contributed by atoms with van der Waals surface area (Å²) >= 11 is 0.